The highest BCUT2D eigenvalue weighted by Crippen LogP contribution is 2.20. The molecule has 0 aliphatic heterocycles. The summed E-state index contributed by atoms with van der Waals surface area (Å²) >= 11 is 6.16. The molecule has 3 rings (SSSR count). The van der Waals surface area contributed by atoms with Gasteiger partial charge in [-0.3, -0.25) is 4.40 Å². The van der Waals surface area contributed by atoms with Gasteiger partial charge in [-0.2, -0.15) is 0 Å². The largest absolute Gasteiger partial charge is 0.279 e. The molecule has 2 aromatic heterocycles. The van der Waals surface area contributed by atoms with E-state index in [1.807, 2.05) is 18.2 Å². The van der Waals surface area contributed by atoms with Crippen molar-refractivity contribution < 1.29 is 0 Å². The van der Waals surface area contributed by atoms with E-state index in [1.165, 1.54) is 16.7 Å². The van der Waals surface area contributed by atoms with E-state index in [4.69, 9.17) is 11.6 Å². The van der Waals surface area contributed by atoms with Crippen molar-refractivity contribution in [1.29, 1.82) is 0 Å². The van der Waals surface area contributed by atoms with Crippen molar-refractivity contribution in [2.45, 2.75) is 34.1 Å². The van der Waals surface area contributed by atoms with Crippen LogP contribution in [0.4, 0.5) is 0 Å². The highest BCUT2D eigenvalue weighted by Gasteiger charge is 2.14. The summed E-state index contributed by atoms with van der Waals surface area (Å²) in [6.45, 7) is 8.20. The van der Waals surface area contributed by atoms with Gasteiger partial charge in [0, 0.05) is 12.1 Å². The van der Waals surface area contributed by atoms with Gasteiger partial charge >= 0.3 is 0 Å². The standard InChI is InChI=1S/C16H17ClN4/c1-9-5-6-13(7-10(9)2)8-14-19-20-16-15(17)18-11(3)12(4)21(14)16/h5-7H,8H2,1-4H3. The average Bonchev–Trinajstić information content (AvgIpc) is 2.85. The first-order chi connectivity index (χ1) is 9.97. The average molecular weight is 301 g/mol. The first kappa shape index (κ1) is 14.0. The van der Waals surface area contributed by atoms with Crippen LogP contribution in [0.5, 0.6) is 0 Å². The van der Waals surface area contributed by atoms with E-state index in [2.05, 4.69) is 47.2 Å². The molecule has 0 radical (unpaired) electrons. The van der Waals surface area contributed by atoms with Crippen LogP contribution < -0.4 is 0 Å². The fourth-order valence-electron chi connectivity index (χ4n) is 2.45. The maximum absolute atomic E-state index is 6.16. The van der Waals surface area contributed by atoms with Gasteiger partial charge in [-0.25, -0.2) is 4.98 Å². The van der Waals surface area contributed by atoms with Crippen LogP contribution in [0.25, 0.3) is 5.65 Å². The van der Waals surface area contributed by atoms with Crippen LogP contribution in [0.1, 0.15) is 33.9 Å². The second kappa shape index (κ2) is 5.11. The molecule has 5 heteroatoms. The minimum absolute atomic E-state index is 0.400. The summed E-state index contributed by atoms with van der Waals surface area (Å²) < 4.78 is 2.00. The Balaban J connectivity index is 2.11. The van der Waals surface area contributed by atoms with Gasteiger partial charge in [0.2, 0.25) is 0 Å². The molecule has 0 amide bonds. The predicted molar refractivity (Wildman–Crippen MR) is 84.0 cm³/mol. The molecule has 0 atom stereocenters. The van der Waals surface area contributed by atoms with Crippen molar-refractivity contribution in [3.05, 3.63) is 57.3 Å². The van der Waals surface area contributed by atoms with Gasteiger partial charge < -0.3 is 0 Å². The monoisotopic (exact) mass is 300 g/mol. The van der Waals surface area contributed by atoms with E-state index in [0.29, 0.717) is 10.8 Å². The second-order valence-corrected chi connectivity index (χ2v) is 5.80. The minimum atomic E-state index is 0.400. The summed E-state index contributed by atoms with van der Waals surface area (Å²) in [5.41, 5.74) is 6.35. The van der Waals surface area contributed by atoms with Gasteiger partial charge in [0.25, 0.3) is 0 Å². The van der Waals surface area contributed by atoms with Gasteiger partial charge in [-0.1, -0.05) is 29.8 Å². The van der Waals surface area contributed by atoms with E-state index in [-0.39, 0.29) is 0 Å². The van der Waals surface area contributed by atoms with Gasteiger partial charge in [0.05, 0.1) is 5.69 Å². The van der Waals surface area contributed by atoms with Crippen LogP contribution in [0.3, 0.4) is 0 Å². The molecule has 0 bridgehead atoms. The number of halogens is 1. The number of hydrogen-bond donors (Lipinski definition) is 0. The number of hydrogen-bond acceptors (Lipinski definition) is 3. The SMILES string of the molecule is Cc1ccc(Cc2nnc3c(Cl)nc(C)c(C)n23)cc1C. The highest BCUT2D eigenvalue weighted by atomic mass is 35.5. The lowest BCUT2D eigenvalue weighted by molar-refractivity contribution is 0.895. The van der Waals surface area contributed by atoms with Gasteiger partial charge in [0.1, 0.15) is 5.82 Å². The maximum atomic E-state index is 6.16. The summed E-state index contributed by atoms with van der Waals surface area (Å²) in [5.74, 6) is 0.887. The molecule has 0 fully saturated rings. The molecule has 0 aliphatic carbocycles. The molecule has 108 valence electrons. The zero-order chi connectivity index (χ0) is 15.1. The number of aromatic nitrogens is 4. The number of rotatable bonds is 2. The zero-order valence-electron chi connectivity index (χ0n) is 12.6. The first-order valence-corrected chi connectivity index (χ1v) is 7.28. The molecule has 21 heavy (non-hydrogen) atoms. The molecule has 0 aliphatic rings. The van der Waals surface area contributed by atoms with E-state index >= 15 is 0 Å². The van der Waals surface area contributed by atoms with Gasteiger partial charge in [0.15, 0.2) is 10.8 Å². The smallest absolute Gasteiger partial charge is 0.198 e. The zero-order valence-corrected chi connectivity index (χ0v) is 13.4. The van der Waals surface area contributed by atoms with Crippen LogP contribution in [-0.4, -0.2) is 19.6 Å². The number of nitrogens with zero attached hydrogens (tertiary/aromatic N) is 4. The Hall–Kier alpha value is -1.94. The fraction of sp³-hybridized carbons (Fsp3) is 0.312. The lowest BCUT2D eigenvalue weighted by Gasteiger charge is -2.08. The second-order valence-electron chi connectivity index (χ2n) is 5.44. The molecule has 0 saturated heterocycles. The number of aryl methyl sites for hydroxylation is 4. The Morgan fingerprint density at radius 1 is 1.05 bits per heavy atom. The number of fused-ring (bicyclic) bond motifs is 1. The fourth-order valence-corrected chi connectivity index (χ4v) is 2.70. The number of benzene rings is 1. The van der Waals surface area contributed by atoms with Crippen LogP contribution >= 0.6 is 11.6 Å². The molecule has 4 nitrogen and oxygen atoms in total. The molecular formula is C16H17ClN4. The summed E-state index contributed by atoms with van der Waals surface area (Å²) in [5, 5.41) is 8.87. The van der Waals surface area contributed by atoms with Gasteiger partial charge in [-0.05, 0) is 44.4 Å². The van der Waals surface area contributed by atoms with Crippen LogP contribution in [0, 0.1) is 27.7 Å². The van der Waals surface area contributed by atoms with Crippen molar-refractivity contribution in [3.8, 4) is 0 Å². The van der Waals surface area contributed by atoms with E-state index in [0.717, 1.165) is 23.6 Å². The molecule has 1 aromatic carbocycles. The first-order valence-electron chi connectivity index (χ1n) is 6.90. The molecule has 0 N–H and O–H groups in total. The Morgan fingerprint density at radius 2 is 1.81 bits per heavy atom. The molecular weight excluding hydrogens is 284 g/mol. The van der Waals surface area contributed by atoms with Crippen molar-refractivity contribution >= 4 is 17.2 Å². The lowest BCUT2D eigenvalue weighted by Crippen LogP contribution is -2.04. The van der Waals surface area contributed by atoms with E-state index in [1.54, 1.807) is 0 Å². The van der Waals surface area contributed by atoms with Gasteiger partial charge in [-0.15, -0.1) is 10.2 Å². The van der Waals surface area contributed by atoms with Crippen LogP contribution in [0.15, 0.2) is 18.2 Å². The quantitative estimate of drug-likeness (QED) is 0.726. The Kier molecular flexibility index (Phi) is 3.41. The summed E-state index contributed by atoms with van der Waals surface area (Å²) in [6, 6.07) is 6.47. The van der Waals surface area contributed by atoms with Crippen molar-refractivity contribution in [3.63, 3.8) is 0 Å². The van der Waals surface area contributed by atoms with Crippen LogP contribution in [-0.2, 0) is 6.42 Å². The summed E-state index contributed by atoms with van der Waals surface area (Å²) in [7, 11) is 0. The molecule has 3 aromatic rings. The van der Waals surface area contributed by atoms with Crippen molar-refractivity contribution in [2.24, 2.45) is 0 Å². The maximum Gasteiger partial charge on any atom is 0.198 e. The van der Waals surface area contributed by atoms with Crippen molar-refractivity contribution in [2.75, 3.05) is 0 Å². The Labute approximate surface area is 128 Å². The highest BCUT2D eigenvalue weighted by molar-refractivity contribution is 6.32. The molecule has 2 heterocycles. The molecule has 0 unspecified atom stereocenters. The molecule has 0 saturated carbocycles. The minimum Gasteiger partial charge on any atom is -0.279 e. The van der Waals surface area contributed by atoms with Crippen molar-refractivity contribution in [1.82, 2.24) is 19.6 Å². The third kappa shape index (κ3) is 2.40. The topological polar surface area (TPSA) is 43.1 Å². The summed E-state index contributed by atoms with van der Waals surface area (Å²) in [4.78, 5) is 4.29. The van der Waals surface area contributed by atoms with E-state index in [9.17, 15) is 0 Å². The summed E-state index contributed by atoms with van der Waals surface area (Å²) in [6.07, 6.45) is 0.725. The third-order valence-corrected chi connectivity index (χ3v) is 4.23. The third-order valence-electron chi connectivity index (χ3n) is 3.97. The molecule has 0 spiro atoms. The van der Waals surface area contributed by atoms with Crippen LogP contribution in [0.2, 0.25) is 5.15 Å². The Morgan fingerprint density at radius 3 is 2.52 bits per heavy atom. The predicted octanol–water partition coefficient (Wildman–Crippen LogP) is 3.60. The Bertz CT molecular complexity index is 836. The lowest BCUT2D eigenvalue weighted by atomic mass is 10.0. The normalized spacial score (nSPS) is 11.3. The van der Waals surface area contributed by atoms with E-state index < -0.39 is 0 Å².